The topological polar surface area (TPSA) is 30.5 Å². The summed E-state index contributed by atoms with van der Waals surface area (Å²) in [4.78, 5) is 0. The Bertz CT molecular complexity index is 421. The van der Waals surface area contributed by atoms with Gasteiger partial charge in [0.05, 0.1) is 6.61 Å². The maximum atomic E-state index is 11.9. The molecular formula is C14H20F3NO2. The minimum atomic E-state index is -4.30. The summed E-state index contributed by atoms with van der Waals surface area (Å²) in [6, 6.07) is 5.81. The molecular weight excluding hydrogens is 271 g/mol. The number of benzene rings is 1. The summed E-state index contributed by atoms with van der Waals surface area (Å²) in [5.74, 6) is 0.660. The van der Waals surface area contributed by atoms with Crippen LogP contribution in [0.3, 0.4) is 0 Å². The molecule has 6 heteroatoms. The van der Waals surface area contributed by atoms with Crippen molar-refractivity contribution in [3.05, 3.63) is 29.3 Å². The lowest BCUT2D eigenvalue weighted by Crippen LogP contribution is -2.20. The van der Waals surface area contributed by atoms with E-state index in [0.717, 1.165) is 11.1 Å². The van der Waals surface area contributed by atoms with Crippen LogP contribution in [0.2, 0.25) is 0 Å². The van der Waals surface area contributed by atoms with Crippen molar-refractivity contribution in [2.24, 2.45) is 0 Å². The highest BCUT2D eigenvalue weighted by Gasteiger charge is 2.27. The van der Waals surface area contributed by atoms with E-state index in [1.807, 2.05) is 39.1 Å². The monoisotopic (exact) mass is 291 g/mol. The first-order valence-electron chi connectivity index (χ1n) is 6.38. The summed E-state index contributed by atoms with van der Waals surface area (Å²) in [6.45, 7) is 2.71. The van der Waals surface area contributed by atoms with E-state index in [1.54, 1.807) is 0 Å². The maximum Gasteiger partial charge on any atom is 0.411 e. The van der Waals surface area contributed by atoms with Crippen molar-refractivity contribution >= 4 is 0 Å². The van der Waals surface area contributed by atoms with Gasteiger partial charge in [-0.1, -0.05) is 17.7 Å². The molecule has 1 rings (SSSR count). The lowest BCUT2D eigenvalue weighted by atomic mass is 10.0. The zero-order valence-corrected chi connectivity index (χ0v) is 11.9. The number of hydrogen-bond acceptors (Lipinski definition) is 3. The van der Waals surface area contributed by atoms with Crippen molar-refractivity contribution in [3.8, 4) is 5.75 Å². The van der Waals surface area contributed by atoms with Gasteiger partial charge in [-0.3, -0.25) is 0 Å². The van der Waals surface area contributed by atoms with Gasteiger partial charge in [-0.25, -0.2) is 0 Å². The van der Waals surface area contributed by atoms with Gasteiger partial charge in [-0.05, 0) is 27.0 Å². The van der Waals surface area contributed by atoms with E-state index in [9.17, 15) is 13.2 Å². The Balaban J connectivity index is 2.51. The molecule has 1 aromatic carbocycles. The molecule has 0 fully saturated rings. The second-order valence-corrected chi connectivity index (χ2v) is 4.57. The minimum absolute atomic E-state index is 0.0859. The van der Waals surface area contributed by atoms with Gasteiger partial charge in [0.25, 0.3) is 0 Å². The first-order valence-corrected chi connectivity index (χ1v) is 6.38. The Labute approximate surface area is 117 Å². The van der Waals surface area contributed by atoms with Gasteiger partial charge < -0.3 is 14.8 Å². The number of aryl methyl sites for hydroxylation is 1. The summed E-state index contributed by atoms with van der Waals surface area (Å²) in [5.41, 5.74) is 2.08. The van der Waals surface area contributed by atoms with Crippen molar-refractivity contribution in [2.75, 3.05) is 26.9 Å². The molecule has 1 atom stereocenters. The van der Waals surface area contributed by atoms with E-state index in [0.29, 0.717) is 5.75 Å². The maximum absolute atomic E-state index is 11.9. The number of hydrogen-bond donors (Lipinski definition) is 1. The normalized spacial score (nSPS) is 13.3. The molecule has 0 saturated carbocycles. The van der Waals surface area contributed by atoms with E-state index in [2.05, 4.69) is 10.1 Å². The third kappa shape index (κ3) is 5.79. The van der Waals surface area contributed by atoms with Gasteiger partial charge in [0.2, 0.25) is 0 Å². The van der Waals surface area contributed by atoms with Crippen LogP contribution in [0.5, 0.6) is 5.75 Å². The Morgan fingerprint density at radius 2 is 1.95 bits per heavy atom. The van der Waals surface area contributed by atoms with E-state index in [1.165, 1.54) is 0 Å². The van der Waals surface area contributed by atoms with Crippen molar-refractivity contribution in [3.63, 3.8) is 0 Å². The SMILES string of the molecule is CNC(C)c1cc(C)ccc1OCCOCC(F)(F)F. The van der Waals surface area contributed by atoms with Crippen LogP contribution in [0.15, 0.2) is 18.2 Å². The first-order chi connectivity index (χ1) is 9.33. The molecule has 0 aromatic heterocycles. The second kappa shape index (κ2) is 7.50. The smallest absolute Gasteiger partial charge is 0.411 e. The van der Waals surface area contributed by atoms with E-state index in [4.69, 9.17) is 4.74 Å². The van der Waals surface area contributed by atoms with Crippen LogP contribution in [0.25, 0.3) is 0 Å². The fourth-order valence-corrected chi connectivity index (χ4v) is 1.69. The standard InChI is InChI=1S/C14H20F3NO2/c1-10-4-5-13(12(8-10)11(2)18-3)20-7-6-19-9-14(15,16)17/h4-5,8,11,18H,6-7,9H2,1-3H3. The van der Waals surface area contributed by atoms with Gasteiger partial charge in [-0.2, -0.15) is 13.2 Å². The third-order valence-electron chi connectivity index (χ3n) is 2.82. The van der Waals surface area contributed by atoms with Gasteiger partial charge >= 0.3 is 6.18 Å². The molecule has 3 nitrogen and oxygen atoms in total. The fourth-order valence-electron chi connectivity index (χ4n) is 1.69. The van der Waals surface area contributed by atoms with Crippen LogP contribution in [-0.4, -0.2) is 33.0 Å². The van der Waals surface area contributed by atoms with Crippen LogP contribution in [0, 0.1) is 6.92 Å². The molecule has 0 aliphatic rings. The molecule has 20 heavy (non-hydrogen) atoms. The van der Waals surface area contributed by atoms with Gasteiger partial charge in [0.1, 0.15) is 19.0 Å². The Hall–Kier alpha value is -1.27. The van der Waals surface area contributed by atoms with Crippen molar-refractivity contribution in [2.45, 2.75) is 26.1 Å². The van der Waals surface area contributed by atoms with Crippen LogP contribution < -0.4 is 10.1 Å². The van der Waals surface area contributed by atoms with E-state index in [-0.39, 0.29) is 19.3 Å². The van der Waals surface area contributed by atoms with Gasteiger partial charge in [0.15, 0.2) is 0 Å². The highest BCUT2D eigenvalue weighted by molar-refractivity contribution is 5.38. The summed E-state index contributed by atoms with van der Waals surface area (Å²) in [7, 11) is 1.84. The van der Waals surface area contributed by atoms with Crippen LogP contribution >= 0.6 is 0 Å². The number of halogens is 3. The van der Waals surface area contributed by atoms with Crippen molar-refractivity contribution in [1.29, 1.82) is 0 Å². The fraction of sp³-hybridized carbons (Fsp3) is 0.571. The Morgan fingerprint density at radius 1 is 1.25 bits per heavy atom. The van der Waals surface area contributed by atoms with E-state index < -0.39 is 12.8 Å². The average Bonchev–Trinajstić information content (AvgIpc) is 2.37. The largest absolute Gasteiger partial charge is 0.491 e. The van der Waals surface area contributed by atoms with Crippen molar-refractivity contribution < 1.29 is 22.6 Å². The van der Waals surface area contributed by atoms with Crippen LogP contribution in [0.1, 0.15) is 24.1 Å². The predicted molar refractivity (Wildman–Crippen MR) is 71.0 cm³/mol. The predicted octanol–water partition coefficient (Wildman–Crippen LogP) is 3.23. The molecule has 0 spiro atoms. The highest BCUT2D eigenvalue weighted by Crippen LogP contribution is 2.26. The Kier molecular flexibility index (Phi) is 6.29. The lowest BCUT2D eigenvalue weighted by molar-refractivity contribution is -0.175. The van der Waals surface area contributed by atoms with Crippen LogP contribution in [-0.2, 0) is 4.74 Å². The molecule has 0 aliphatic carbocycles. The molecule has 1 N–H and O–H groups in total. The number of nitrogens with one attached hydrogen (secondary N) is 1. The summed E-state index contributed by atoms with van der Waals surface area (Å²) in [5, 5.41) is 3.11. The van der Waals surface area contributed by atoms with Crippen LogP contribution in [0.4, 0.5) is 13.2 Å². The number of ether oxygens (including phenoxy) is 2. The molecule has 0 aliphatic heterocycles. The molecule has 0 radical (unpaired) electrons. The average molecular weight is 291 g/mol. The highest BCUT2D eigenvalue weighted by atomic mass is 19.4. The number of rotatable bonds is 7. The zero-order chi connectivity index (χ0) is 15.2. The van der Waals surface area contributed by atoms with Gasteiger partial charge in [0, 0.05) is 11.6 Å². The molecule has 0 amide bonds. The summed E-state index contributed by atoms with van der Waals surface area (Å²) in [6.07, 6.45) is -4.30. The number of alkyl halides is 3. The van der Waals surface area contributed by atoms with E-state index >= 15 is 0 Å². The van der Waals surface area contributed by atoms with Crippen molar-refractivity contribution in [1.82, 2.24) is 5.32 Å². The van der Waals surface area contributed by atoms with Gasteiger partial charge in [-0.15, -0.1) is 0 Å². The summed E-state index contributed by atoms with van der Waals surface area (Å²) < 4.78 is 45.7. The molecule has 1 unspecified atom stereocenters. The summed E-state index contributed by atoms with van der Waals surface area (Å²) >= 11 is 0. The molecule has 0 saturated heterocycles. The minimum Gasteiger partial charge on any atom is -0.491 e. The zero-order valence-electron chi connectivity index (χ0n) is 11.9. The Morgan fingerprint density at radius 3 is 2.55 bits per heavy atom. The lowest BCUT2D eigenvalue weighted by Gasteiger charge is -2.17. The third-order valence-corrected chi connectivity index (χ3v) is 2.82. The first kappa shape index (κ1) is 16.8. The molecule has 0 heterocycles. The second-order valence-electron chi connectivity index (χ2n) is 4.57. The quantitative estimate of drug-likeness (QED) is 0.782. The molecule has 1 aromatic rings. The molecule has 114 valence electrons. The molecule has 0 bridgehead atoms.